The number of rotatable bonds is 3. The maximum atomic E-state index is 12.9. The zero-order chi connectivity index (χ0) is 19.7. The second kappa shape index (κ2) is 7.34. The van der Waals surface area contributed by atoms with Crippen LogP contribution in [0.4, 0.5) is 17.1 Å². The molecule has 0 saturated carbocycles. The minimum atomic E-state index is -0.664. The molecule has 2 N–H and O–H groups in total. The molecule has 1 atom stereocenters. The number of hydrogen-bond donors (Lipinski definition) is 2. The van der Waals surface area contributed by atoms with Crippen LogP contribution in [0.25, 0.3) is 0 Å². The van der Waals surface area contributed by atoms with Gasteiger partial charge in [-0.1, -0.05) is 18.2 Å². The fourth-order valence-electron chi connectivity index (χ4n) is 3.58. The molecule has 0 unspecified atom stereocenters. The first-order chi connectivity index (χ1) is 13.5. The van der Waals surface area contributed by atoms with Crippen molar-refractivity contribution in [2.75, 3.05) is 22.1 Å². The highest BCUT2D eigenvalue weighted by atomic mass is 16.5. The van der Waals surface area contributed by atoms with Gasteiger partial charge in [0, 0.05) is 23.9 Å². The number of ether oxygens (including phenoxy) is 1. The van der Waals surface area contributed by atoms with Crippen LogP contribution in [0, 0.1) is 0 Å². The van der Waals surface area contributed by atoms with Crippen molar-refractivity contribution in [3.63, 3.8) is 0 Å². The van der Waals surface area contributed by atoms with Gasteiger partial charge in [-0.3, -0.25) is 19.3 Å². The van der Waals surface area contributed by atoms with E-state index in [9.17, 15) is 14.4 Å². The van der Waals surface area contributed by atoms with Gasteiger partial charge in [-0.05, 0) is 43.5 Å². The zero-order valence-electron chi connectivity index (χ0n) is 15.5. The maximum Gasteiger partial charge on any atom is 0.262 e. The molecule has 4 rings (SSSR count). The van der Waals surface area contributed by atoms with Gasteiger partial charge in [0.05, 0.1) is 5.69 Å². The first-order valence-corrected chi connectivity index (χ1v) is 9.30. The Bertz CT molecular complexity index is 956. The van der Waals surface area contributed by atoms with Crippen LogP contribution in [0.5, 0.6) is 5.75 Å². The number of hydrogen-bond acceptors (Lipinski definition) is 4. The molecule has 0 radical (unpaired) electrons. The molecule has 0 bridgehead atoms. The Balaban J connectivity index is 1.55. The predicted octanol–water partition coefficient (Wildman–Crippen LogP) is 2.71. The number of fused-ring (bicyclic) bond motifs is 2. The van der Waals surface area contributed by atoms with Crippen molar-refractivity contribution >= 4 is 34.8 Å². The number of amides is 3. The van der Waals surface area contributed by atoms with Gasteiger partial charge in [0.1, 0.15) is 11.8 Å². The van der Waals surface area contributed by atoms with E-state index >= 15 is 0 Å². The van der Waals surface area contributed by atoms with Crippen LogP contribution in [0.3, 0.4) is 0 Å². The summed E-state index contributed by atoms with van der Waals surface area (Å²) in [6.07, 6.45) is 2.01. The smallest absolute Gasteiger partial charge is 0.262 e. The van der Waals surface area contributed by atoms with E-state index in [0.717, 1.165) is 24.1 Å². The van der Waals surface area contributed by atoms with Crippen molar-refractivity contribution < 1.29 is 19.1 Å². The Hall–Kier alpha value is -3.35. The van der Waals surface area contributed by atoms with Crippen molar-refractivity contribution in [3.05, 3.63) is 48.0 Å². The highest BCUT2D eigenvalue weighted by Gasteiger charge is 2.30. The van der Waals surface area contributed by atoms with Crippen LogP contribution >= 0.6 is 0 Å². The fraction of sp³-hybridized carbons (Fsp3) is 0.286. The first-order valence-electron chi connectivity index (χ1n) is 9.30. The molecular weight excluding hydrogens is 358 g/mol. The quantitative estimate of drug-likeness (QED) is 0.858. The second-order valence-electron chi connectivity index (χ2n) is 6.96. The van der Waals surface area contributed by atoms with E-state index in [1.54, 1.807) is 30.0 Å². The van der Waals surface area contributed by atoms with Crippen molar-refractivity contribution in [2.24, 2.45) is 0 Å². The fourth-order valence-corrected chi connectivity index (χ4v) is 3.58. The predicted molar refractivity (Wildman–Crippen MR) is 106 cm³/mol. The van der Waals surface area contributed by atoms with E-state index in [-0.39, 0.29) is 24.3 Å². The molecule has 2 aliphatic rings. The first kappa shape index (κ1) is 18.0. The Kier molecular flexibility index (Phi) is 4.73. The molecule has 28 heavy (non-hydrogen) atoms. The summed E-state index contributed by atoms with van der Waals surface area (Å²) in [5.41, 5.74) is 2.98. The van der Waals surface area contributed by atoms with E-state index in [1.165, 1.54) is 0 Å². The monoisotopic (exact) mass is 379 g/mol. The number of carbonyl (C=O) groups is 3. The third-order valence-electron chi connectivity index (χ3n) is 5.01. The van der Waals surface area contributed by atoms with Crippen LogP contribution in [0.1, 0.15) is 25.3 Å². The molecule has 2 aromatic rings. The van der Waals surface area contributed by atoms with E-state index in [4.69, 9.17) is 4.74 Å². The van der Waals surface area contributed by atoms with Gasteiger partial charge in [0.2, 0.25) is 11.8 Å². The standard InChI is InChI=1S/C21H21N3O4/c1-13(24-17-7-3-2-5-14(17)6-4-8-20(24)26)21(27)22-15-9-10-16-18(11-15)28-12-19(25)23-16/h2-3,5,7,9-11,13H,4,6,8,12H2,1H3,(H,22,27)(H,23,25)/t13-/m0/s1. The summed E-state index contributed by atoms with van der Waals surface area (Å²) >= 11 is 0. The Labute approximate surface area is 162 Å². The number of nitrogens with zero attached hydrogens (tertiary/aromatic N) is 1. The van der Waals surface area contributed by atoms with Gasteiger partial charge in [0.15, 0.2) is 6.61 Å². The zero-order valence-corrected chi connectivity index (χ0v) is 15.5. The van der Waals surface area contributed by atoms with Gasteiger partial charge in [-0.2, -0.15) is 0 Å². The van der Waals surface area contributed by atoms with E-state index in [0.29, 0.717) is 23.5 Å². The molecule has 3 amide bonds. The minimum absolute atomic E-state index is 0.0518. The number of para-hydroxylation sites is 1. The van der Waals surface area contributed by atoms with Gasteiger partial charge in [-0.15, -0.1) is 0 Å². The van der Waals surface area contributed by atoms with Gasteiger partial charge < -0.3 is 15.4 Å². The van der Waals surface area contributed by atoms with Crippen LogP contribution < -0.4 is 20.3 Å². The highest BCUT2D eigenvalue weighted by molar-refractivity contribution is 6.05. The number of nitrogens with one attached hydrogen (secondary N) is 2. The van der Waals surface area contributed by atoms with Crippen molar-refractivity contribution in [3.8, 4) is 5.75 Å². The molecule has 0 aromatic heterocycles. The van der Waals surface area contributed by atoms with Crippen molar-refractivity contribution in [1.29, 1.82) is 0 Å². The van der Waals surface area contributed by atoms with Crippen LogP contribution in [-0.2, 0) is 20.8 Å². The third-order valence-corrected chi connectivity index (χ3v) is 5.01. The lowest BCUT2D eigenvalue weighted by Crippen LogP contribution is -2.45. The molecule has 2 heterocycles. The van der Waals surface area contributed by atoms with Gasteiger partial charge >= 0.3 is 0 Å². The Morgan fingerprint density at radius 3 is 2.86 bits per heavy atom. The van der Waals surface area contributed by atoms with E-state index in [1.807, 2.05) is 24.3 Å². The summed E-state index contributed by atoms with van der Waals surface area (Å²) in [6, 6.07) is 12.1. The van der Waals surface area contributed by atoms with Gasteiger partial charge in [-0.25, -0.2) is 0 Å². The molecular formula is C21H21N3O4. The Morgan fingerprint density at radius 2 is 2.00 bits per heavy atom. The molecule has 7 heteroatoms. The maximum absolute atomic E-state index is 12.9. The normalized spacial score (nSPS) is 16.8. The van der Waals surface area contributed by atoms with Crippen LogP contribution in [-0.4, -0.2) is 30.4 Å². The lowest BCUT2D eigenvalue weighted by molar-refractivity contribution is -0.123. The molecule has 7 nitrogen and oxygen atoms in total. The molecule has 0 spiro atoms. The van der Waals surface area contributed by atoms with E-state index in [2.05, 4.69) is 10.6 Å². The average Bonchev–Trinajstić information content (AvgIpc) is 2.85. The lowest BCUT2D eigenvalue weighted by Gasteiger charge is -2.29. The average molecular weight is 379 g/mol. The summed E-state index contributed by atoms with van der Waals surface area (Å²) in [7, 11) is 0. The molecule has 144 valence electrons. The molecule has 2 aromatic carbocycles. The van der Waals surface area contributed by atoms with Crippen molar-refractivity contribution in [2.45, 2.75) is 32.2 Å². The summed E-state index contributed by atoms with van der Waals surface area (Å²) in [4.78, 5) is 38.5. The summed E-state index contributed by atoms with van der Waals surface area (Å²) in [6.45, 7) is 1.67. The highest BCUT2D eigenvalue weighted by Crippen LogP contribution is 2.32. The number of carbonyl (C=O) groups excluding carboxylic acids is 3. The Morgan fingerprint density at radius 1 is 1.18 bits per heavy atom. The third kappa shape index (κ3) is 3.43. The minimum Gasteiger partial charge on any atom is -0.482 e. The van der Waals surface area contributed by atoms with Crippen LogP contribution in [0.15, 0.2) is 42.5 Å². The molecule has 2 aliphatic heterocycles. The summed E-state index contributed by atoms with van der Waals surface area (Å²) in [5, 5.41) is 5.56. The molecule has 0 fully saturated rings. The molecule has 0 aliphatic carbocycles. The summed E-state index contributed by atoms with van der Waals surface area (Å²) < 4.78 is 5.39. The topological polar surface area (TPSA) is 87.7 Å². The van der Waals surface area contributed by atoms with Crippen molar-refractivity contribution in [1.82, 2.24) is 0 Å². The van der Waals surface area contributed by atoms with Crippen LogP contribution in [0.2, 0.25) is 0 Å². The largest absolute Gasteiger partial charge is 0.482 e. The second-order valence-corrected chi connectivity index (χ2v) is 6.96. The number of aryl methyl sites for hydroxylation is 1. The summed E-state index contributed by atoms with van der Waals surface area (Å²) in [5.74, 6) is -0.0496. The molecule has 0 saturated heterocycles. The number of anilines is 3. The number of benzene rings is 2. The van der Waals surface area contributed by atoms with E-state index < -0.39 is 6.04 Å². The lowest BCUT2D eigenvalue weighted by atomic mass is 10.1. The van der Waals surface area contributed by atoms with Gasteiger partial charge in [0.25, 0.3) is 5.91 Å². The SMILES string of the molecule is C[C@@H](C(=O)Nc1ccc2c(c1)OCC(=O)N2)N1C(=O)CCCc2ccccc21.